The Kier molecular flexibility index (Phi) is 16.2. The molecule has 9 nitrogen and oxygen atoms in total. The first-order chi connectivity index (χ1) is 33.8. The fraction of sp³-hybridized carbons (Fsp3) is 0.0492. The molecular formula is C61H46BO9. The number of benzene rings is 8. The quantitative estimate of drug-likeness (QED) is 0.171. The van der Waals surface area contributed by atoms with Crippen LogP contribution in [-0.2, 0) is 0 Å². The van der Waals surface area contributed by atoms with Gasteiger partial charge in [-0.05, 0) is 59.7 Å². The zero-order chi connectivity index (χ0) is 47.5. The van der Waals surface area contributed by atoms with Crippen LogP contribution in [0.3, 0.4) is 0 Å². The molecule has 1 atom stereocenters. The van der Waals surface area contributed by atoms with E-state index in [1.165, 1.54) is 12.3 Å². The van der Waals surface area contributed by atoms with Crippen molar-refractivity contribution in [3.8, 4) is 45.3 Å². The summed E-state index contributed by atoms with van der Waals surface area (Å²) in [6.45, 7) is 0. The number of para-hydroxylation sites is 4. The Morgan fingerprint density at radius 1 is 0.451 bits per heavy atom. The third-order valence-electron chi connectivity index (χ3n) is 11.3. The maximum absolute atomic E-state index is 12.3. The SMILES string of the molecule is C.O=C1CC(c2ccccc2)Oc2ccccc21.O=c1c(-c2ccccc2)coc2ccccc12.O=c1c(O)c(-c2ccccc2)oc2ccccc12.O=c1cc(-c2ccccc2)oc2ccccc12.[B]. The number of hydrogen-bond acceptors (Lipinski definition) is 9. The van der Waals surface area contributed by atoms with Crippen molar-refractivity contribution in [2.45, 2.75) is 20.0 Å². The predicted octanol–water partition coefficient (Wildman–Crippen LogP) is 13.7. The molecule has 1 aliphatic rings. The van der Waals surface area contributed by atoms with Crippen molar-refractivity contribution in [3.63, 3.8) is 0 Å². The minimum Gasteiger partial charge on any atom is -0.502 e. The summed E-state index contributed by atoms with van der Waals surface area (Å²) >= 11 is 0. The topological polar surface area (TPSA) is 137 Å². The minimum atomic E-state index is -0.407. The number of ketones is 1. The Morgan fingerprint density at radius 2 is 0.930 bits per heavy atom. The van der Waals surface area contributed by atoms with Crippen molar-refractivity contribution < 1.29 is 27.9 Å². The highest BCUT2D eigenvalue weighted by Crippen LogP contribution is 2.35. The molecule has 1 aliphatic heterocycles. The van der Waals surface area contributed by atoms with Gasteiger partial charge in [0, 0.05) is 25.6 Å². The fourth-order valence-electron chi connectivity index (χ4n) is 7.79. The highest BCUT2D eigenvalue weighted by molar-refractivity contribution is 6.00. The third-order valence-corrected chi connectivity index (χ3v) is 11.3. The number of rotatable bonds is 4. The highest BCUT2D eigenvalue weighted by Gasteiger charge is 2.27. The van der Waals surface area contributed by atoms with E-state index in [1.807, 2.05) is 164 Å². The first-order valence-electron chi connectivity index (χ1n) is 22.1. The van der Waals surface area contributed by atoms with E-state index in [9.17, 15) is 24.3 Å². The molecule has 3 radical (unpaired) electrons. The first-order valence-corrected chi connectivity index (χ1v) is 22.1. The smallest absolute Gasteiger partial charge is 0.235 e. The summed E-state index contributed by atoms with van der Waals surface area (Å²) in [5.74, 6) is 1.31. The van der Waals surface area contributed by atoms with Gasteiger partial charge in [-0.3, -0.25) is 19.2 Å². The van der Waals surface area contributed by atoms with E-state index < -0.39 is 5.43 Å². The van der Waals surface area contributed by atoms with Crippen LogP contribution in [0.2, 0.25) is 0 Å². The molecule has 4 heterocycles. The number of Topliss-reactive ketones (excluding diaryl/α,β-unsaturated/α-hetero) is 1. The zero-order valence-electron chi connectivity index (χ0n) is 37.5. The Bertz CT molecular complexity index is 3720. The molecular weight excluding hydrogens is 887 g/mol. The largest absolute Gasteiger partial charge is 0.502 e. The van der Waals surface area contributed by atoms with Gasteiger partial charge in [-0.25, -0.2) is 0 Å². The van der Waals surface area contributed by atoms with Gasteiger partial charge < -0.3 is 23.1 Å². The van der Waals surface area contributed by atoms with Gasteiger partial charge in [0.05, 0.1) is 33.7 Å². The van der Waals surface area contributed by atoms with Crippen molar-refractivity contribution in [1.82, 2.24) is 0 Å². The molecule has 1 N–H and O–H groups in total. The van der Waals surface area contributed by atoms with Crippen LogP contribution in [-0.4, -0.2) is 19.3 Å². The van der Waals surface area contributed by atoms with Gasteiger partial charge in [0.15, 0.2) is 22.4 Å². The number of hydrogen-bond donors (Lipinski definition) is 1. The lowest BCUT2D eigenvalue weighted by Gasteiger charge is -2.25. The van der Waals surface area contributed by atoms with E-state index in [0.717, 1.165) is 16.7 Å². The molecule has 10 heteroatoms. The molecule has 12 rings (SSSR count). The van der Waals surface area contributed by atoms with Crippen LogP contribution in [0.15, 0.2) is 258 Å². The fourth-order valence-corrected chi connectivity index (χ4v) is 7.79. The summed E-state index contributed by atoms with van der Waals surface area (Å²) in [6, 6.07) is 68.5. The predicted molar refractivity (Wildman–Crippen MR) is 283 cm³/mol. The van der Waals surface area contributed by atoms with E-state index in [2.05, 4.69) is 0 Å². The number of aromatic hydroxyl groups is 1. The van der Waals surface area contributed by atoms with Gasteiger partial charge in [0.25, 0.3) is 0 Å². The van der Waals surface area contributed by atoms with E-state index >= 15 is 0 Å². The lowest BCUT2D eigenvalue weighted by Crippen LogP contribution is -2.20. The maximum atomic E-state index is 12.3. The standard InChI is InChI=1S/C15H10O3.C15H12O2.2C15H10O2.CH4.B/c16-13-11-8-4-5-9-12(11)18-15(14(13)17)10-6-2-1-3-7-10;2*16-13-10-15(11-6-2-1-3-7-11)17-14-9-5-4-8-12(13)14;16-15-12-8-4-5-9-14(12)17-10-13(15)11-6-2-1-3-7-11;;/h1-9,17H;1-9,15H,10H2;2*1-10H;1H4;. The average Bonchev–Trinajstić information content (AvgIpc) is 3.41. The van der Waals surface area contributed by atoms with Crippen LogP contribution in [0, 0.1) is 0 Å². The molecule has 0 aliphatic carbocycles. The molecule has 8 aromatic carbocycles. The monoisotopic (exact) mass is 933 g/mol. The average molecular weight is 934 g/mol. The number of fused-ring (bicyclic) bond motifs is 4. The lowest BCUT2D eigenvalue weighted by molar-refractivity contribution is 0.0850. The van der Waals surface area contributed by atoms with Crippen molar-refractivity contribution in [3.05, 3.63) is 273 Å². The van der Waals surface area contributed by atoms with E-state index in [-0.39, 0.29) is 50.1 Å². The summed E-state index contributed by atoms with van der Waals surface area (Å²) in [6.07, 6.45) is 1.79. The highest BCUT2D eigenvalue weighted by atomic mass is 16.5. The van der Waals surface area contributed by atoms with Gasteiger partial charge in [0.1, 0.15) is 40.6 Å². The van der Waals surface area contributed by atoms with E-state index in [4.69, 9.17) is 18.0 Å². The summed E-state index contributed by atoms with van der Waals surface area (Å²) < 4.78 is 22.7. The van der Waals surface area contributed by atoms with Gasteiger partial charge >= 0.3 is 0 Å². The molecule has 0 saturated carbocycles. The Morgan fingerprint density at radius 3 is 1.56 bits per heavy atom. The van der Waals surface area contributed by atoms with Gasteiger partial charge in [-0.1, -0.05) is 177 Å². The second kappa shape index (κ2) is 23.2. The number of carbonyl (C=O) groups excluding carboxylic acids is 1. The molecule has 0 saturated heterocycles. The van der Waals surface area contributed by atoms with Crippen molar-refractivity contribution in [2.75, 3.05) is 0 Å². The second-order valence-corrected chi connectivity index (χ2v) is 15.8. The zero-order valence-corrected chi connectivity index (χ0v) is 37.5. The van der Waals surface area contributed by atoms with Crippen LogP contribution in [0.4, 0.5) is 0 Å². The van der Waals surface area contributed by atoms with Gasteiger partial charge in [0.2, 0.25) is 11.2 Å². The summed E-state index contributed by atoms with van der Waals surface area (Å²) in [5, 5.41) is 11.6. The van der Waals surface area contributed by atoms with Crippen molar-refractivity contribution >= 4 is 47.1 Å². The summed E-state index contributed by atoms with van der Waals surface area (Å²) in [5.41, 5.74) is 6.13. The molecule has 0 amide bonds. The molecule has 347 valence electrons. The number of carbonyl (C=O) groups is 1. The summed E-state index contributed by atoms with van der Waals surface area (Å²) in [7, 11) is 0. The minimum absolute atomic E-state index is 0. The second-order valence-electron chi connectivity index (χ2n) is 15.8. The van der Waals surface area contributed by atoms with E-state index in [1.54, 1.807) is 54.6 Å². The molecule has 3 aromatic heterocycles. The van der Waals surface area contributed by atoms with Gasteiger partial charge in [-0.2, -0.15) is 0 Å². The van der Waals surface area contributed by atoms with Crippen LogP contribution < -0.4 is 21.0 Å². The first kappa shape index (κ1) is 49.6. The van der Waals surface area contributed by atoms with Gasteiger partial charge in [-0.15, -0.1) is 0 Å². The lowest BCUT2D eigenvalue weighted by atomic mass is 9.96. The molecule has 71 heavy (non-hydrogen) atoms. The van der Waals surface area contributed by atoms with Crippen LogP contribution in [0.25, 0.3) is 66.7 Å². The Hall–Kier alpha value is -9.28. The molecule has 0 fully saturated rings. The van der Waals surface area contributed by atoms with E-state index in [0.29, 0.717) is 67.5 Å². The molecule has 0 spiro atoms. The Balaban J connectivity index is 0.000000138. The molecule has 1 unspecified atom stereocenters. The van der Waals surface area contributed by atoms with Crippen LogP contribution in [0.1, 0.15) is 35.9 Å². The Labute approximate surface area is 411 Å². The summed E-state index contributed by atoms with van der Waals surface area (Å²) in [4.78, 5) is 48.2. The number of ether oxygens (including phenoxy) is 1. The van der Waals surface area contributed by atoms with Crippen LogP contribution >= 0.6 is 0 Å². The maximum Gasteiger partial charge on any atom is 0.235 e. The molecule has 11 aromatic rings. The van der Waals surface area contributed by atoms with Crippen molar-refractivity contribution in [1.29, 1.82) is 0 Å². The van der Waals surface area contributed by atoms with Crippen molar-refractivity contribution in [2.24, 2.45) is 0 Å². The van der Waals surface area contributed by atoms with Crippen LogP contribution in [0.5, 0.6) is 11.5 Å². The third kappa shape index (κ3) is 11.4. The molecule has 0 bridgehead atoms. The normalized spacial score (nSPS) is 12.2.